The van der Waals surface area contributed by atoms with Crippen molar-refractivity contribution in [2.45, 2.75) is 33.1 Å². The highest BCUT2D eigenvalue weighted by Crippen LogP contribution is 2.20. The Labute approximate surface area is 186 Å². The van der Waals surface area contributed by atoms with E-state index in [1.807, 2.05) is 30.3 Å². The van der Waals surface area contributed by atoms with Crippen molar-refractivity contribution >= 4 is 23.3 Å². The molecule has 0 aliphatic heterocycles. The molecule has 0 atom stereocenters. The maximum Gasteiger partial charge on any atom is 0.305 e. The van der Waals surface area contributed by atoms with Crippen LogP contribution < -0.4 is 5.32 Å². The quantitative estimate of drug-likeness (QED) is 0.396. The van der Waals surface area contributed by atoms with Crippen LogP contribution in [0.5, 0.6) is 0 Å². The van der Waals surface area contributed by atoms with Crippen molar-refractivity contribution in [1.29, 1.82) is 0 Å². The fourth-order valence-corrected chi connectivity index (χ4v) is 3.19. The van der Waals surface area contributed by atoms with Crippen LogP contribution in [0.25, 0.3) is 11.4 Å². The van der Waals surface area contributed by atoms with Gasteiger partial charge in [0.25, 0.3) is 5.91 Å². The monoisotopic (exact) mass is 431 g/mol. The van der Waals surface area contributed by atoms with Gasteiger partial charge in [-0.25, -0.2) is 9.97 Å². The summed E-state index contributed by atoms with van der Waals surface area (Å²) in [5, 5.41) is 2.78. The van der Waals surface area contributed by atoms with Gasteiger partial charge in [-0.2, -0.15) is 0 Å². The largest absolute Gasteiger partial charge is 0.466 e. The summed E-state index contributed by atoms with van der Waals surface area (Å²) in [5.74, 6) is -0.425. The number of aryl methyl sites for hydroxylation is 1. The fraction of sp³-hybridized carbons (Fsp3) is 0.240. The summed E-state index contributed by atoms with van der Waals surface area (Å²) in [6, 6.07) is 17.8. The number of benzene rings is 2. The highest BCUT2D eigenvalue weighted by molar-refractivity contribution is 6.08. The van der Waals surface area contributed by atoms with Crippen LogP contribution in [0.15, 0.2) is 60.7 Å². The van der Waals surface area contributed by atoms with Gasteiger partial charge in [0.1, 0.15) is 5.69 Å². The molecular weight excluding hydrogens is 406 g/mol. The number of ketones is 1. The minimum atomic E-state index is -0.440. The number of anilines is 1. The molecule has 32 heavy (non-hydrogen) atoms. The number of carbonyl (C=O) groups is 3. The van der Waals surface area contributed by atoms with Crippen LogP contribution in [0.4, 0.5) is 5.69 Å². The summed E-state index contributed by atoms with van der Waals surface area (Å²) in [5.41, 5.74) is 2.45. The maximum absolute atomic E-state index is 13.0. The predicted octanol–water partition coefficient (Wildman–Crippen LogP) is 4.48. The number of hydrogen-bond acceptors (Lipinski definition) is 6. The third-order valence-corrected chi connectivity index (χ3v) is 4.72. The van der Waals surface area contributed by atoms with Crippen molar-refractivity contribution in [2.75, 3.05) is 11.9 Å². The second kappa shape index (κ2) is 10.9. The van der Waals surface area contributed by atoms with Gasteiger partial charge in [-0.1, -0.05) is 42.5 Å². The first kappa shape index (κ1) is 22.8. The number of para-hydroxylation sites is 1. The lowest BCUT2D eigenvalue weighted by Crippen LogP contribution is -2.17. The Bertz CT molecular complexity index is 1110. The smallest absolute Gasteiger partial charge is 0.305 e. The molecule has 164 valence electrons. The molecule has 2 aromatic carbocycles. The van der Waals surface area contributed by atoms with Crippen LogP contribution in [0.1, 0.15) is 53.2 Å². The Hall–Kier alpha value is -3.87. The molecule has 3 rings (SSSR count). The molecule has 3 aromatic rings. The van der Waals surface area contributed by atoms with Crippen LogP contribution in [0.2, 0.25) is 0 Å². The van der Waals surface area contributed by atoms with Crippen molar-refractivity contribution in [3.8, 4) is 11.4 Å². The minimum Gasteiger partial charge on any atom is -0.466 e. The average molecular weight is 431 g/mol. The van der Waals surface area contributed by atoms with Crippen molar-refractivity contribution in [1.82, 2.24) is 9.97 Å². The molecule has 0 saturated heterocycles. The van der Waals surface area contributed by atoms with Gasteiger partial charge < -0.3 is 10.1 Å². The predicted molar refractivity (Wildman–Crippen MR) is 121 cm³/mol. The van der Waals surface area contributed by atoms with Crippen LogP contribution in [0.3, 0.4) is 0 Å². The number of ether oxygens (including phenoxy) is 1. The third kappa shape index (κ3) is 6.07. The molecule has 0 fully saturated rings. The molecule has 0 unspecified atom stereocenters. The summed E-state index contributed by atoms with van der Waals surface area (Å²) in [6.45, 7) is 3.56. The summed E-state index contributed by atoms with van der Waals surface area (Å²) >= 11 is 0. The molecule has 1 N–H and O–H groups in total. The van der Waals surface area contributed by atoms with Crippen LogP contribution in [0, 0.1) is 0 Å². The number of aromatic nitrogens is 2. The molecular formula is C25H25N3O4. The Balaban J connectivity index is 1.88. The molecule has 0 spiro atoms. The minimum absolute atomic E-state index is 0.145. The van der Waals surface area contributed by atoms with Gasteiger partial charge in [0.15, 0.2) is 11.6 Å². The number of nitrogens with one attached hydrogen (secondary N) is 1. The number of rotatable bonds is 9. The zero-order chi connectivity index (χ0) is 22.9. The SMILES string of the molecule is CCOC(=O)CCCc1cc(C(=O)Nc2ccccc2C(C)=O)nc(-c2ccccc2)n1. The Morgan fingerprint density at radius 1 is 0.969 bits per heavy atom. The lowest BCUT2D eigenvalue weighted by atomic mass is 10.1. The molecule has 0 aliphatic rings. The van der Waals surface area contributed by atoms with E-state index in [2.05, 4.69) is 15.3 Å². The number of amides is 1. The summed E-state index contributed by atoms with van der Waals surface area (Å²) in [4.78, 5) is 45.6. The molecule has 0 saturated carbocycles. The topological polar surface area (TPSA) is 98.2 Å². The Morgan fingerprint density at radius 3 is 2.41 bits per heavy atom. The zero-order valence-electron chi connectivity index (χ0n) is 18.1. The molecule has 0 bridgehead atoms. The van der Waals surface area contributed by atoms with Gasteiger partial charge in [-0.3, -0.25) is 14.4 Å². The highest BCUT2D eigenvalue weighted by Gasteiger charge is 2.16. The summed E-state index contributed by atoms with van der Waals surface area (Å²) in [6.07, 6.45) is 1.30. The maximum atomic E-state index is 13.0. The molecule has 1 amide bonds. The number of Topliss-reactive ketones (excluding diaryl/α,β-unsaturated/α-hetero) is 1. The van der Waals surface area contributed by atoms with E-state index in [4.69, 9.17) is 4.74 Å². The number of hydrogen-bond donors (Lipinski definition) is 1. The molecule has 7 heteroatoms. The van der Waals surface area contributed by atoms with Gasteiger partial charge >= 0.3 is 5.97 Å². The molecule has 1 aromatic heterocycles. The van der Waals surface area contributed by atoms with Gasteiger partial charge in [-0.05, 0) is 44.9 Å². The third-order valence-electron chi connectivity index (χ3n) is 4.72. The van der Waals surface area contributed by atoms with Crippen molar-refractivity contribution in [3.63, 3.8) is 0 Å². The normalized spacial score (nSPS) is 10.4. The lowest BCUT2D eigenvalue weighted by molar-refractivity contribution is -0.143. The van der Waals surface area contributed by atoms with Gasteiger partial charge in [-0.15, -0.1) is 0 Å². The van der Waals surface area contributed by atoms with E-state index in [1.54, 1.807) is 37.3 Å². The second-order valence-electron chi connectivity index (χ2n) is 7.15. The van der Waals surface area contributed by atoms with Crippen molar-refractivity contribution < 1.29 is 19.1 Å². The van der Waals surface area contributed by atoms with Crippen molar-refractivity contribution in [3.05, 3.63) is 77.6 Å². The van der Waals surface area contributed by atoms with E-state index in [1.165, 1.54) is 6.92 Å². The first-order valence-electron chi connectivity index (χ1n) is 10.5. The lowest BCUT2D eigenvalue weighted by Gasteiger charge is -2.11. The van der Waals surface area contributed by atoms with Crippen molar-refractivity contribution in [2.24, 2.45) is 0 Å². The van der Waals surface area contributed by atoms with Crippen LogP contribution >= 0.6 is 0 Å². The Morgan fingerprint density at radius 2 is 1.69 bits per heavy atom. The first-order chi connectivity index (χ1) is 15.5. The van der Waals surface area contributed by atoms with Crippen LogP contribution in [-0.4, -0.2) is 34.2 Å². The Kier molecular flexibility index (Phi) is 7.80. The molecule has 0 radical (unpaired) electrons. The molecule has 1 heterocycles. The number of carbonyl (C=O) groups excluding carboxylic acids is 3. The van der Waals surface area contributed by atoms with E-state index >= 15 is 0 Å². The second-order valence-corrected chi connectivity index (χ2v) is 7.15. The van der Waals surface area contributed by atoms with Gasteiger partial charge in [0, 0.05) is 23.2 Å². The molecule has 0 aliphatic carbocycles. The fourth-order valence-electron chi connectivity index (χ4n) is 3.19. The van der Waals surface area contributed by atoms with E-state index in [-0.39, 0.29) is 23.9 Å². The van der Waals surface area contributed by atoms with E-state index < -0.39 is 5.91 Å². The standard InChI is InChI=1S/C25H25N3O4/c1-3-32-23(30)15-9-12-19-16-22(27-24(26-19)18-10-5-4-6-11-18)25(31)28-21-14-8-7-13-20(21)17(2)29/h4-8,10-11,13-14,16H,3,9,12,15H2,1-2H3,(H,28,31). The summed E-state index contributed by atoms with van der Waals surface area (Å²) in [7, 11) is 0. The van der Waals surface area contributed by atoms with E-state index in [0.29, 0.717) is 42.2 Å². The van der Waals surface area contributed by atoms with E-state index in [9.17, 15) is 14.4 Å². The van der Waals surface area contributed by atoms with Gasteiger partial charge in [0.05, 0.1) is 12.3 Å². The average Bonchev–Trinajstić information content (AvgIpc) is 2.80. The molecule has 7 nitrogen and oxygen atoms in total. The van der Waals surface area contributed by atoms with Gasteiger partial charge in [0.2, 0.25) is 0 Å². The highest BCUT2D eigenvalue weighted by atomic mass is 16.5. The number of esters is 1. The zero-order valence-corrected chi connectivity index (χ0v) is 18.1. The van der Waals surface area contributed by atoms with E-state index in [0.717, 1.165) is 5.56 Å². The first-order valence-corrected chi connectivity index (χ1v) is 10.5. The van der Waals surface area contributed by atoms with Crippen LogP contribution in [-0.2, 0) is 16.0 Å². The summed E-state index contributed by atoms with van der Waals surface area (Å²) < 4.78 is 4.97. The number of nitrogens with zero attached hydrogens (tertiary/aromatic N) is 2.